The minimum absolute atomic E-state index is 0.226. The molecule has 0 spiro atoms. The lowest BCUT2D eigenvalue weighted by Gasteiger charge is -2.35. The average molecular weight is 331 g/mol. The van der Waals surface area contributed by atoms with E-state index in [-0.39, 0.29) is 12.5 Å². The third-order valence-corrected chi connectivity index (χ3v) is 4.29. The summed E-state index contributed by atoms with van der Waals surface area (Å²) in [5.41, 5.74) is 2.58. The molecule has 0 bridgehead atoms. The van der Waals surface area contributed by atoms with Crippen molar-refractivity contribution >= 4 is 5.97 Å². The Morgan fingerprint density at radius 2 is 1.96 bits per heavy atom. The molecule has 0 saturated carbocycles. The summed E-state index contributed by atoms with van der Waals surface area (Å²) in [6.07, 6.45) is 0.526. The third kappa shape index (κ3) is 3.46. The van der Waals surface area contributed by atoms with Crippen LogP contribution in [0.3, 0.4) is 0 Å². The van der Waals surface area contributed by atoms with Gasteiger partial charge in [-0.25, -0.2) is 8.78 Å². The van der Waals surface area contributed by atoms with E-state index in [1.807, 2.05) is 29.2 Å². The highest BCUT2D eigenvalue weighted by atomic mass is 19.1. The number of carbonyl (C=O) groups excluding carboxylic acids is 1. The molecule has 1 atom stereocenters. The number of fused-ring (bicyclic) bond motifs is 1. The van der Waals surface area contributed by atoms with Crippen molar-refractivity contribution in [3.05, 3.63) is 70.8 Å². The highest BCUT2D eigenvalue weighted by Crippen LogP contribution is 2.26. The zero-order chi connectivity index (χ0) is 17.1. The summed E-state index contributed by atoms with van der Waals surface area (Å²) in [6.45, 7) is 2.81. The van der Waals surface area contributed by atoms with E-state index < -0.39 is 17.7 Å². The Morgan fingerprint density at radius 1 is 1.21 bits per heavy atom. The lowest BCUT2D eigenvalue weighted by molar-refractivity contribution is -0.150. The number of benzene rings is 2. The summed E-state index contributed by atoms with van der Waals surface area (Å²) >= 11 is 0. The number of carbonyl (C=O) groups is 1. The number of rotatable bonds is 4. The number of hydrogen-bond acceptors (Lipinski definition) is 3. The van der Waals surface area contributed by atoms with E-state index >= 15 is 0 Å². The van der Waals surface area contributed by atoms with Crippen molar-refractivity contribution in [3.63, 3.8) is 0 Å². The first kappa shape index (κ1) is 16.6. The van der Waals surface area contributed by atoms with Gasteiger partial charge in [0.25, 0.3) is 0 Å². The quantitative estimate of drug-likeness (QED) is 0.804. The highest BCUT2D eigenvalue weighted by Gasteiger charge is 2.32. The summed E-state index contributed by atoms with van der Waals surface area (Å²) in [4.78, 5) is 14.2. The second-order valence-corrected chi connectivity index (χ2v) is 5.88. The largest absolute Gasteiger partial charge is 0.465 e. The SMILES string of the molecule is CCOC(=O)C1Cc2ccccc2CN1Cc1ccc(F)cc1F. The predicted molar refractivity (Wildman–Crippen MR) is 86.2 cm³/mol. The molecule has 0 radical (unpaired) electrons. The number of halogens is 2. The van der Waals surface area contributed by atoms with Gasteiger partial charge in [0.1, 0.15) is 17.7 Å². The van der Waals surface area contributed by atoms with Crippen molar-refractivity contribution in [2.75, 3.05) is 6.61 Å². The van der Waals surface area contributed by atoms with Gasteiger partial charge in [-0.3, -0.25) is 9.69 Å². The monoisotopic (exact) mass is 331 g/mol. The van der Waals surface area contributed by atoms with Crippen LogP contribution >= 0.6 is 0 Å². The molecule has 0 N–H and O–H groups in total. The zero-order valence-corrected chi connectivity index (χ0v) is 13.5. The van der Waals surface area contributed by atoms with E-state index in [1.54, 1.807) is 6.92 Å². The molecular weight excluding hydrogens is 312 g/mol. The molecule has 1 heterocycles. The van der Waals surface area contributed by atoms with Crippen molar-refractivity contribution in [2.24, 2.45) is 0 Å². The van der Waals surface area contributed by atoms with Gasteiger partial charge in [-0.05, 0) is 30.5 Å². The highest BCUT2D eigenvalue weighted by molar-refractivity contribution is 5.76. The van der Waals surface area contributed by atoms with Crippen LogP contribution < -0.4 is 0 Å². The molecule has 0 fully saturated rings. The second-order valence-electron chi connectivity index (χ2n) is 5.88. The van der Waals surface area contributed by atoms with Crippen LogP contribution in [0.5, 0.6) is 0 Å². The molecule has 1 unspecified atom stereocenters. The maximum atomic E-state index is 14.0. The van der Waals surface area contributed by atoms with E-state index in [0.717, 1.165) is 17.2 Å². The van der Waals surface area contributed by atoms with Crippen LogP contribution in [-0.4, -0.2) is 23.5 Å². The Balaban J connectivity index is 1.88. The molecule has 5 heteroatoms. The van der Waals surface area contributed by atoms with Crippen LogP contribution in [0.2, 0.25) is 0 Å². The van der Waals surface area contributed by atoms with Crippen LogP contribution in [-0.2, 0) is 29.0 Å². The maximum Gasteiger partial charge on any atom is 0.323 e. The molecular formula is C19H19F2NO2. The Bertz CT molecular complexity index is 748. The van der Waals surface area contributed by atoms with E-state index in [2.05, 4.69) is 0 Å². The summed E-state index contributed by atoms with van der Waals surface area (Å²) in [5.74, 6) is -1.52. The average Bonchev–Trinajstić information content (AvgIpc) is 2.57. The fourth-order valence-corrected chi connectivity index (χ4v) is 3.08. The van der Waals surface area contributed by atoms with Gasteiger partial charge < -0.3 is 4.74 Å². The zero-order valence-electron chi connectivity index (χ0n) is 13.5. The van der Waals surface area contributed by atoms with Crippen molar-refractivity contribution < 1.29 is 18.3 Å². The third-order valence-electron chi connectivity index (χ3n) is 4.29. The van der Waals surface area contributed by atoms with Crippen molar-refractivity contribution in [2.45, 2.75) is 32.5 Å². The maximum absolute atomic E-state index is 14.0. The van der Waals surface area contributed by atoms with Crippen LogP contribution in [0.25, 0.3) is 0 Å². The van der Waals surface area contributed by atoms with Gasteiger partial charge in [0.2, 0.25) is 0 Å². The van der Waals surface area contributed by atoms with Gasteiger partial charge in [-0.1, -0.05) is 30.3 Å². The summed E-state index contributed by atoms with van der Waals surface area (Å²) < 4.78 is 32.3. The molecule has 0 aliphatic carbocycles. The first-order valence-electron chi connectivity index (χ1n) is 8.00. The fraction of sp³-hybridized carbons (Fsp3) is 0.316. The number of ether oxygens (including phenoxy) is 1. The number of esters is 1. The van der Waals surface area contributed by atoms with Crippen LogP contribution in [0, 0.1) is 11.6 Å². The molecule has 0 saturated heterocycles. The predicted octanol–water partition coefficient (Wildman–Crippen LogP) is 3.45. The molecule has 0 amide bonds. The molecule has 1 aliphatic heterocycles. The van der Waals surface area contributed by atoms with E-state index in [1.165, 1.54) is 12.1 Å². The summed E-state index contributed by atoms with van der Waals surface area (Å²) in [7, 11) is 0. The molecule has 126 valence electrons. The van der Waals surface area contributed by atoms with Crippen LogP contribution in [0.4, 0.5) is 8.78 Å². The Hall–Kier alpha value is -2.27. The van der Waals surface area contributed by atoms with Gasteiger partial charge in [-0.15, -0.1) is 0 Å². The van der Waals surface area contributed by atoms with Gasteiger partial charge in [0.05, 0.1) is 6.61 Å². The van der Waals surface area contributed by atoms with Crippen LogP contribution in [0.1, 0.15) is 23.6 Å². The molecule has 1 aliphatic rings. The minimum Gasteiger partial charge on any atom is -0.465 e. The normalized spacial score (nSPS) is 17.4. The van der Waals surface area contributed by atoms with Gasteiger partial charge >= 0.3 is 5.97 Å². The van der Waals surface area contributed by atoms with E-state index in [4.69, 9.17) is 4.74 Å². The number of nitrogens with zero attached hydrogens (tertiary/aromatic N) is 1. The van der Waals surface area contributed by atoms with Crippen LogP contribution in [0.15, 0.2) is 42.5 Å². The lowest BCUT2D eigenvalue weighted by atomic mass is 9.93. The molecule has 2 aromatic carbocycles. The molecule has 24 heavy (non-hydrogen) atoms. The summed E-state index contributed by atoms with van der Waals surface area (Å²) in [5, 5.41) is 0. The molecule has 3 nitrogen and oxygen atoms in total. The topological polar surface area (TPSA) is 29.5 Å². The van der Waals surface area contributed by atoms with Gasteiger partial charge in [-0.2, -0.15) is 0 Å². The van der Waals surface area contributed by atoms with E-state index in [9.17, 15) is 13.6 Å². The Kier molecular flexibility index (Phi) is 4.90. The first-order valence-corrected chi connectivity index (χ1v) is 8.00. The molecule has 2 aromatic rings. The first-order chi connectivity index (χ1) is 11.6. The lowest BCUT2D eigenvalue weighted by Crippen LogP contribution is -2.46. The van der Waals surface area contributed by atoms with Gasteiger partial charge in [0.15, 0.2) is 0 Å². The smallest absolute Gasteiger partial charge is 0.323 e. The standard InChI is InChI=1S/C19H19F2NO2/c1-2-24-19(23)18-9-13-5-3-4-6-14(13)11-22(18)12-15-7-8-16(20)10-17(15)21/h3-8,10,18H,2,9,11-12H2,1H3. The second kappa shape index (κ2) is 7.09. The molecule has 0 aromatic heterocycles. The molecule has 3 rings (SSSR count). The Labute approximate surface area is 139 Å². The summed E-state index contributed by atoms with van der Waals surface area (Å²) in [6, 6.07) is 10.9. The van der Waals surface area contributed by atoms with Crippen molar-refractivity contribution in [1.29, 1.82) is 0 Å². The Morgan fingerprint density at radius 3 is 2.67 bits per heavy atom. The number of hydrogen-bond donors (Lipinski definition) is 0. The van der Waals surface area contributed by atoms with E-state index in [0.29, 0.717) is 25.1 Å². The van der Waals surface area contributed by atoms with Gasteiger partial charge in [0, 0.05) is 24.7 Å². The minimum atomic E-state index is -0.609. The van der Waals surface area contributed by atoms with Crippen molar-refractivity contribution in [1.82, 2.24) is 4.90 Å². The fourth-order valence-electron chi connectivity index (χ4n) is 3.08. The van der Waals surface area contributed by atoms with Crippen molar-refractivity contribution in [3.8, 4) is 0 Å².